The molecule has 2 rings (SSSR count). The minimum absolute atomic E-state index is 0.134. The molecule has 0 radical (unpaired) electrons. The van der Waals surface area contributed by atoms with Gasteiger partial charge in [-0.3, -0.25) is 15.6 Å². The van der Waals surface area contributed by atoms with E-state index >= 15 is 0 Å². The second-order valence-corrected chi connectivity index (χ2v) is 6.93. The van der Waals surface area contributed by atoms with Crippen molar-refractivity contribution in [3.8, 4) is 0 Å². The number of hydrazine groups is 1. The summed E-state index contributed by atoms with van der Waals surface area (Å²) in [6, 6.07) is 0.400. The van der Waals surface area contributed by atoms with E-state index in [1.165, 1.54) is 30.6 Å². The first-order chi connectivity index (χ1) is 10.0. The van der Waals surface area contributed by atoms with Crippen molar-refractivity contribution in [2.45, 2.75) is 52.0 Å². The summed E-state index contributed by atoms with van der Waals surface area (Å²) in [5.74, 6) is 0.484. The fraction of sp³-hybridized carbons (Fsp3) is 0.643. The van der Waals surface area contributed by atoms with Crippen molar-refractivity contribution >= 4 is 34.6 Å². The summed E-state index contributed by atoms with van der Waals surface area (Å²) in [5, 5.41) is 6.52. The van der Waals surface area contributed by atoms with Crippen LogP contribution in [0.5, 0.6) is 0 Å². The van der Waals surface area contributed by atoms with Crippen LogP contribution in [0.25, 0.3) is 0 Å². The summed E-state index contributed by atoms with van der Waals surface area (Å²) >= 11 is 6.72. The van der Waals surface area contributed by atoms with Crippen LogP contribution in [0.3, 0.4) is 0 Å². The number of carbonyl (C=O) groups excluding carboxylic acids is 1. The third kappa shape index (κ3) is 5.24. The Kier molecular flexibility index (Phi) is 5.93. The lowest BCUT2D eigenvalue weighted by Crippen LogP contribution is -2.51. The first kappa shape index (κ1) is 16.2. The average molecular weight is 326 g/mol. The summed E-state index contributed by atoms with van der Waals surface area (Å²) in [6.07, 6.45) is 5.17. The fourth-order valence-electron chi connectivity index (χ4n) is 2.53. The molecule has 0 unspecified atom stereocenters. The summed E-state index contributed by atoms with van der Waals surface area (Å²) in [4.78, 5) is 16.1. The molecular weight excluding hydrogens is 304 g/mol. The number of nitrogens with zero attached hydrogens (tertiary/aromatic N) is 1. The monoisotopic (exact) mass is 326 g/mol. The van der Waals surface area contributed by atoms with Gasteiger partial charge in [0.15, 0.2) is 5.11 Å². The molecule has 1 aromatic heterocycles. The van der Waals surface area contributed by atoms with Gasteiger partial charge in [-0.1, -0.05) is 19.8 Å². The summed E-state index contributed by atoms with van der Waals surface area (Å²) in [6.45, 7) is 4.16. The van der Waals surface area contributed by atoms with Crippen LogP contribution < -0.4 is 16.2 Å². The highest BCUT2D eigenvalue weighted by atomic mass is 32.1. The lowest BCUT2D eigenvalue weighted by atomic mass is 9.86. The summed E-state index contributed by atoms with van der Waals surface area (Å²) < 4.78 is 0. The van der Waals surface area contributed by atoms with Crippen LogP contribution in [0.2, 0.25) is 0 Å². The highest BCUT2D eigenvalue weighted by Gasteiger charge is 2.21. The molecular formula is C14H22N4OS2. The third-order valence-corrected chi connectivity index (χ3v) is 4.91. The van der Waals surface area contributed by atoms with Crippen LogP contribution in [0.1, 0.15) is 43.3 Å². The van der Waals surface area contributed by atoms with E-state index in [-0.39, 0.29) is 12.3 Å². The van der Waals surface area contributed by atoms with Gasteiger partial charge in [0.05, 0.1) is 6.42 Å². The van der Waals surface area contributed by atoms with Crippen LogP contribution in [-0.2, 0) is 11.2 Å². The molecule has 116 valence electrons. The van der Waals surface area contributed by atoms with Crippen molar-refractivity contribution in [2.75, 3.05) is 0 Å². The zero-order valence-corrected chi connectivity index (χ0v) is 14.1. The second-order valence-electron chi connectivity index (χ2n) is 5.57. The lowest BCUT2D eigenvalue weighted by molar-refractivity contribution is -0.121. The van der Waals surface area contributed by atoms with Crippen molar-refractivity contribution in [2.24, 2.45) is 5.92 Å². The average Bonchev–Trinajstić information content (AvgIpc) is 2.84. The molecule has 0 bridgehead atoms. The lowest BCUT2D eigenvalue weighted by Gasteiger charge is -2.30. The van der Waals surface area contributed by atoms with Gasteiger partial charge in [-0.15, -0.1) is 11.3 Å². The molecule has 21 heavy (non-hydrogen) atoms. The van der Waals surface area contributed by atoms with Crippen molar-refractivity contribution in [3.63, 3.8) is 0 Å². The molecule has 2 atom stereocenters. The number of thiazole rings is 1. The number of carbonyl (C=O) groups is 1. The van der Waals surface area contributed by atoms with Gasteiger partial charge in [0.1, 0.15) is 5.01 Å². The summed E-state index contributed by atoms with van der Waals surface area (Å²) in [5.41, 5.74) is 6.34. The number of thiocarbonyl (C=S) groups is 1. The molecule has 1 fully saturated rings. The minimum Gasteiger partial charge on any atom is -0.358 e. The Balaban J connectivity index is 1.69. The topological polar surface area (TPSA) is 66.1 Å². The maximum Gasteiger partial charge on any atom is 0.245 e. The normalized spacial score (nSPS) is 21.6. The molecule has 1 aromatic rings. The Morgan fingerprint density at radius 2 is 2.19 bits per heavy atom. The van der Waals surface area contributed by atoms with E-state index in [1.807, 2.05) is 12.3 Å². The zero-order chi connectivity index (χ0) is 15.2. The van der Waals surface area contributed by atoms with Crippen molar-refractivity contribution < 1.29 is 4.79 Å². The molecule has 0 aliphatic heterocycles. The molecule has 1 saturated carbocycles. The molecule has 5 nitrogen and oxygen atoms in total. The Morgan fingerprint density at radius 3 is 2.86 bits per heavy atom. The van der Waals surface area contributed by atoms with Crippen molar-refractivity contribution in [1.82, 2.24) is 21.2 Å². The van der Waals surface area contributed by atoms with E-state index in [0.29, 0.717) is 17.1 Å². The smallest absolute Gasteiger partial charge is 0.245 e. The third-order valence-electron chi connectivity index (χ3n) is 3.72. The van der Waals surface area contributed by atoms with Gasteiger partial charge < -0.3 is 5.32 Å². The summed E-state index contributed by atoms with van der Waals surface area (Å²) in [7, 11) is 0. The Bertz CT molecular complexity index is 503. The van der Waals surface area contributed by atoms with Gasteiger partial charge in [0.25, 0.3) is 0 Å². The standard InChI is InChI=1S/C14H22N4OS2/c1-9-5-3-4-6-11(9)16-14(20)18-17-12(19)7-13-15-10(2)8-21-13/h8-9,11H,3-7H2,1-2H3,(H,17,19)(H2,16,18,20)/t9-,11+/m0/s1. The Hall–Kier alpha value is -1.21. The first-order valence-corrected chi connectivity index (χ1v) is 8.59. The van der Waals surface area contributed by atoms with Gasteiger partial charge in [-0.2, -0.15) is 0 Å². The highest BCUT2D eigenvalue weighted by Crippen LogP contribution is 2.23. The van der Waals surface area contributed by atoms with E-state index in [9.17, 15) is 4.79 Å². The second kappa shape index (κ2) is 7.70. The van der Waals surface area contributed by atoms with Gasteiger partial charge in [-0.25, -0.2) is 4.98 Å². The van der Waals surface area contributed by atoms with Gasteiger partial charge in [0, 0.05) is 17.1 Å². The number of amides is 1. The van der Waals surface area contributed by atoms with Gasteiger partial charge >= 0.3 is 0 Å². The molecule has 0 spiro atoms. The largest absolute Gasteiger partial charge is 0.358 e. The molecule has 1 aliphatic carbocycles. The maximum absolute atomic E-state index is 11.8. The quantitative estimate of drug-likeness (QED) is 0.586. The zero-order valence-electron chi connectivity index (χ0n) is 12.4. The van der Waals surface area contributed by atoms with E-state index in [4.69, 9.17) is 12.2 Å². The number of hydrogen-bond donors (Lipinski definition) is 3. The van der Waals surface area contributed by atoms with E-state index in [2.05, 4.69) is 28.1 Å². The number of aromatic nitrogens is 1. The first-order valence-electron chi connectivity index (χ1n) is 7.31. The number of nitrogens with one attached hydrogen (secondary N) is 3. The SMILES string of the molecule is Cc1csc(CC(=O)NNC(=S)N[C@@H]2CCCC[C@@H]2C)n1. The molecule has 0 aromatic carbocycles. The van der Waals surface area contributed by atoms with E-state index < -0.39 is 0 Å². The Labute approximate surface area is 134 Å². The van der Waals surface area contributed by atoms with Crippen LogP contribution in [0.15, 0.2) is 5.38 Å². The number of rotatable bonds is 3. The Morgan fingerprint density at radius 1 is 1.43 bits per heavy atom. The van der Waals surface area contributed by atoms with Crippen LogP contribution >= 0.6 is 23.6 Å². The molecule has 3 N–H and O–H groups in total. The number of hydrogen-bond acceptors (Lipinski definition) is 4. The predicted octanol–water partition coefficient (Wildman–Crippen LogP) is 2.07. The highest BCUT2D eigenvalue weighted by molar-refractivity contribution is 7.80. The van der Waals surface area contributed by atoms with Gasteiger partial charge in [0.2, 0.25) is 5.91 Å². The van der Waals surface area contributed by atoms with E-state index in [0.717, 1.165) is 17.1 Å². The molecule has 7 heteroatoms. The van der Waals surface area contributed by atoms with Crippen molar-refractivity contribution in [3.05, 3.63) is 16.1 Å². The van der Waals surface area contributed by atoms with Crippen LogP contribution in [0.4, 0.5) is 0 Å². The molecule has 1 heterocycles. The number of aryl methyl sites for hydroxylation is 1. The van der Waals surface area contributed by atoms with Crippen LogP contribution in [0, 0.1) is 12.8 Å². The van der Waals surface area contributed by atoms with Crippen molar-refractivity contribution in [1.29, 1.82) is 0 Å². The predicted molar refractivity (Wildman–Crippen MR) is 89.0 cm³/mol. The minimum atomic E-state index is -0.134. The van der Waals surface area contributed by atoms with E-state index in [1.54, 1.807) is 0 Å². The van der Waals surface area contributed by atoms with Crippen LogP contribution in [-0.4, -0.2) is 22.0 Å². The molecule has 1 amide bonds. The fourth-order valence-corrected chi connectivity index (χ4v) is 3.50. The molecule has 1 aliphatic rings. The van der Waals surface area contributed by atoms with Gasteiger partial charge in [-0.05, 0) is 37.9 Å². The maximum atomic E-state index is 11.8. The molecule has 0 saturated heterocycles.